The van der Waals surface area contributed by atoms with E-state index in [1.165, 1.54) is 6.26 Å². The van der Waals surface area contributed by atoms with Gasteiger partial charge in [0.25, 0.3) is 5.91 Å². The molecule has 1 aromatic heterocycles. The molecule has 0 spiro atoms. The molecule has 4 N–H and O–H groups in total. The van der Waals surface area contributed by atoms with Gasteiger partial charge in [0.05, 0.1) is 6.26 Å². The van der Waals surface area contributed by atoms with Crippen LogP contribution in [0.15, 0.2) is 52.2 Å². The third kappa shape index (κ3) is 3.12. The molecule has 2 aromatic rings. The summed E-state index contributed by atoms with van der Waals surface area (Å²) in [5, 5.41) is 14.2. The standard InChI is InChI=1S/C13H13N3O3/c14-12(16-18)10-4-1-3-9(7-10)8-15-13(17)11-5-2-6-19-11/h1-7,18H,8H2,(H2,14,16)(H,15,17). The van der Waals surface area contributed by atoms with E-state index in [4.69, 9.17) is 15.4 Å². The summed E-state index contributed by atoms with van der Waals surface area (Å²) >= 11 is 0. The molecule has 6 nitrogen and oxygen atoms in total. The fraction of sp³-hybridized carbons (Fsp3) is 0.0769. The Kier molecular flexibility index (Phi) is 3.82. The van der Waals surface area contributed by atoms with Crippen molar-refractivity contribution in [3.63, 3.8) is 0 Å². The maximum atomic E-state index is 11.7. The van der Waals surface area contributed by atoms with Gasteiger partial charge in [0.2, 0.25) is 0 Å². The van der Waals surface area contributed by atoms with Crippen LogP contribution in [0.1, 0.15) is 21.7 Å². The van der Waals surface area contributed by atoms with Crippen LogP contribution < -0.4 is 11.1 Å². The Hall–Kier alpha value is -2.76. The third-order valence-corrected chi connectivity index (χ3v) is 2.53. The highest BCUT2D eigenvalue weighted by molar-refractivity contribution is 5.97. The molecule has 6 heteroatoms. The second-order valence-electron chi connectivity index (χ2n) is 3.85. The van der Waals surface area contributed by atoms with Crippen molar-refractivity contribution < 1.29 is 14.4 Å². The summed E-state index contributed by atoms with van der Waals surface area (Å²) in [7, 11) is 0. The van der Waals surface area contributed by atoms with Crippen molar-refractivity contribution >= 4 is 11.7 Å². The Bertz CT molecular complexity index is 591. The lowest BCUT2D eigenvalue weighted by molar-refractivity contribution is 0.0923. The number of amidine groups is 1. The number of rotatable bonds is 4. The van der Waals surface area contributed by atoms with Crippen LogP contribution in [0.25, 0.3) is 0 Å². The van der Waals surface area contributed by atoms with Gasteiger partial charge in [-0.1, -0.05) is 23.4 Å². The van der Waals surface area contributed by atoms with Crippen molar-refractivity contribution in [3.05, 3.63) is 59.5 Å². The molecule has 0 bridgehead atoms. The monoisotopic (exact) mass is 259 g/mol. The molecule has 0 aliphatic carbocycles. The first-order valence-corrected chi connectivity index (χ1v) is 5.59. The average Bonchev–Trinajstić information content (AvgIpc) is 2.98. The van der Waals surface area contributed by atoms with E-state index < -0.39 is 0 Å². The summed E-state index contributed by atoms with van der Waals surface area (Å²) in [4.78, 5) is 11.7. The van der Waals surface area contributed by atoms with Crippen molar-refractivity contribution in [2.45, 2.75) is 6.54 Å². The highest BCUT2D eigenvalue weighted by atomic mass is 16.4. The van der Waals surface area contributed by atoms with E-state index in [9.17, 15) is 4.79 Å². The van der Waals surface area contributed by atoms with Gasteiger partial charge in [-0.15, -0.1) is 0 Å². The molecule has 0 radical (unpaired) electrons. The van der Waals surface area contributed by atoms with E-state index in [0.717, 1.165) is 5.56 Å². The van der Waals surface area contributed by atoms with Gasteiger partial charge in [-0.05, 0) is 23.8 Å². The van der Waals surface area contributed by atoms with E-state index >= 15 is 0 Å². The number of benzene rings is 1. The normalized spacial score (nSPS) is 11.3. The lowest BCUT2D eigenvalue weighted by Crippen LogP contribution is -2.22. The Morgan fingerprint density at radius 1 is 1.37 bits per heavy atom. The van der Waals surface area contributed by atoms with Crippen molar-refractivity contribution in [1.29, 1.82) is 0 Å². The zero-order chi connectivity index (χ0) is 13.7. The topological polar surface area (TPSA) is 101 Å². The molecular formula is C13H13N3O3. The number of hydrogen-bond donors (Lipinski definition) is 3. The van der Waals surface area contributed by atoms with Gasteiger partial charge in [0.1, 0.15) is 0 Å². The van der Waals surface area contributed by atoms with E-state index in [0.29, 0.717) is 12.1 Å². The highest BCUT2D eigenvalue weighted by Gasteiger charge is 2.08. The number of furan rings is 1. The van der Waals surface area contributed by atoms with Crippen LogP contribution in [0.3, 0.4) is 0 Å². The van der Waals surface area contributed by atoms with Crippen LogP contribution in [-0.2, 0) is 6.54 Å². The molecule has 1 amide bonds. The molecule has 1 aromatic carbocycles. The predicted molar refractivity (Wildman–Crippen MR) is 68.8 cm³/mol. The highest BCUT2D eigenvalue weighted by Crippen LogP contribution is 2.06. The summed E-state index contributed by atoms with van der Waals surface area (Å²) in [6.45, 7) is 0.325. The molecule has 98 valence electrons. The van der Waals surface area contributed by atoms with Crippen LogP contribution >= 0.6 is 0 Å². The Balaban J connectivity index is 2.02. The van der Waals surface area contributed by atoms with Crippen molar-refractivity contribution in [1.82, 2.24) is 5.32 Å². The van der Waals surface area contributed by atoms with Gasteiger partial charge in [-0.25, -0.2) is 0 Å². The van der Waals surface area contributed by atoms with Gasteiger partial charge in [0, 0.05) is 12.1 Å². The van der Waals surface area contributed by atoms with E-state index in [-0.39, 0.29) is 17.5 Å². The first-order valence-electron chi connectivity index (χ1n) is 5.59. The molecule has 1 heterocycles. The van der Waals surface area contributed by atoms with Gasteiger partial charge < -0.3 is 20.7 Å². The summed E-state index contributed by atoms with van der Waals surface area (Å²) in [6.07, 6.45) is 1.44. The summed E-state index contributed by atoms with van der Waals surface area (Å²) in [5.41, 5.74) is 6.92. The number of carbonyl (C=O) groups excluding carboxylic acids is 1. The molecule has 0 aliphatic rings. The zero-order valence-corrected chi connectivity index (χ0v) is 10.0. The quantitative estimate of drug-likeness (QED) is 0.333. The van der Waals surface area contributed by atoms with Crippen LogP contribution in [0, 0.1) is 0 Å². The van der Waals surface area contributed by atoms with Gasteiger partial charge in [-0.3, -0.25) is 4.79 Å². The third-order valence-electron chi connectivity index (χ3n) is 2.53. The van der Waals surface area contributed by atoms with Crippen molar-refractivity contribution in [2.24, 2.45) is 10.9 Å². The largest absolute Gasteiger partial charge is 0.459 e. The molecule has 0 fully saturated rings. The predicted octanol–water partition coefficient (Wildman–Crippen LogP) is 1.30. The van der Waals surface area contributed by atoms with Crippen molar-refractivity contribution in [2.75, 3.05) is 0 Å². The van der Waals surface area contributed by atoms with Crippen LogP contribution in [-0.4, -0.2) is 17.0 Å². The summed E-state index contributed by atoms with van der Waals surface area (Å²) in [5.74, 6) is -0.00833. The lowest BCUT2D eigenvalue weighted by Gasteiger charge is -2.05. The molecule has 0 saturated carbocycles. The molecule has 0 unspecified atom stereocenters. The minimum absolute atomic E-state index is 0.0270. The second-order valence-corrected chi connectivity index (χ2v) is 3.85. The Morgan fingerprint density at radius 3 is 2.89 bits per heavy atom. The first kappa shape index (κ1) is 12.7. The molecule has 0 aliphatic heterocycles. The number of oxime groups is 1. The average molecular weight is 259 g/mol. The van der Waals surface area contributed by atoms with E-state index in [2.05, 4.69) is 10.5 Å². The number of amides is 1. The van der Waals surface area contributed by atoms with Crippen molar-refractivity contribution in [3.8, 4) is 0 Å². The molecule has 2 rings (SSSR count). The molecule has 0 atom stereocenters. The van der Waals surface area contributed by atoms with Crippen LogP contribution in [0.2, 0.25) is 0 Å². The van der Waals surface area contributed by atoms with Crippen LogP contribution in [0.4, 0.5) is 0 Å². The summed E-state index contributed by atoms with van der Waals surface area (Å²) in [6, 6.07) is 10.3. The second kappa shape index (κ2) is 5.72. The minimum Gasteiger partial charge on any atom is -0.459 e. The minimum atomic E-state index is -0.292. The van der Waals surface area contributed by atoms with Gasteiger partial charge in [-0.2, -0.15) is 0 Å². The number of nitrogens with one attached hydrogen (secondary N) is 1. The number of nitrogens with zero attached hydrogens (tertiary/aromatic N) is 1. The zero-order valence-electron chi connectivity index (χ0n) is 10.0. The maximum absolute atomic E-state index is 11.7. The number of hydrogen-bond acceptors (Lipinski definition) is 4. The maximum Gasteiger partial charge on any atom is 0.287 e. The Labute approximate surface area is 109 Å². The Morgan fingerprint density at radius 2 is 2.21 bits per heavy atom. The van der Waals surface area contributed by atoms with Crippen LogP contribution in [0.5, 0.6) is 0 Å². The molecule has 0 saturated heterocycles. The number of carbonyl (C=O) groups is 1. The van der Waals surface area contributed by atoms with Gasteiger partial charge >= 0.3 is 0 Å². The number of nitrogens with two attached hydrogens (primary N) is 1. The first-order chi connectivity index (χ1) is 9.20. The fourth-order valence-corrected chi connectivity index (χ4v) is 1.58. The van der Waals surface area contributed by atoms with E-state index in [1.54, 1.807) is 30.3 Å². The fourth-order valence-electron chi connectivity index (χ4n) is 1.58. The molecular weight excluding hydrogens is 246 g/mol. The molecule has 19 heavy (non-hydrogen) atoms. The summed E-state index contributed by atoms with van der Waals surface area (Å²) < 4.78 is 4.98. The smallest absolute Gasteiger partial charge is 0.287 e. The lowest BCUT2D eigenvalue weighted by atomic mass is 10.1. The SMILES string of the molecule is N/C(=N/O)c1cccc(CNC(=O)c2ccco2)c1. The van der Waals surface area contributed by atoms with E-state index in [1.807, 2.05) is 6.07 Å². The van der Waals surface area contributed by atoms with Gasteiger partial charge in [0.15, 0.2) is 11.6 Å².